The van der Waals surface area contributed by atoms with Gasteiger partial charge in [0.15, 0.2) is 0 Å². The van der Waals surface area contributed by atoms with Gasteiger partial charge in [0, 0.05) is 18.7 Å². The second-order valence-corrected chi connectivity index (χ2v) is 4.00. The van der Waals surface area contributed by atoms with Crippen LogP contribution in [-0.4, -0.2) is 25.8 Å². The van der Waals surface area contributed by atoms with Gasteiger partial charge in [0.25, 0.3) is 0 Å². The Morgan fingerprint density at radius 3 is 2.94 bits per heavy atom. The molecule has 1 aromatic carbocycles. The van der Waals surface area contributed by atoms with E-state index >= 15 is 0 Å². The van der Waals surface area contributed by atoms with Crippen LogP contribution in [0.3, 0.4) is 0 Å². The summed E-state index contributed by atoms with van der Waals surface area (Å²) >= 11 is 0. The van der Waals surface area contributed by atoms with Crippen LogP contribution in [0.2, 0.25) is 0 Å². The average molecular weight is 227 g/mol. The number of hydrogen-bond donors (Lipinski definition) is 1. The first-order valence-corrected chi connectivity index (χ1v) is 5.51. The Balaban J connectivity index is 1.80. The highest BCUT2D eigenvalue weighted by atomic mass is 19.1. The van der Waals surface area contributed by atoms with Gasteiger partial charge in [0.1, 0.15) is 11.6 Å². The van der Waals surface area contributed by atoms with E-state index in [-0.39, 0.29) is 0 Å². The SMILES string of the molecule is Fc1ccc(CCNC2CCOC2)c(F)c1. The second kappa shape index (κ2) is 5.37. The fraction of sp³-hybridized carbons (Fsp3) is 0.500. The number of rotatable bonds is 4. The molecule has 1 N–H and O–H groups in total. The summed E-state index contributed by atoms with van der Waals surface area (Å²) in [6.07, 6.45) is 1.58. The molecule has 1 aliphatic rings. The summed E-state index contributed by atoms with van der Waals surface area (Å²) in [7, 11) is 0. The van der Waals surface area contributed by atoms with E-state index in [9.17, 15) is 8.78 Å². The maximum Gasteiger partial charge on any atom is 0.129 e. The van der Waals surface area contributed by atoms with E-state index in [1.54, 1.807) is 0 Å². The van der Waals surface area contributed by atoms with Crippen molar-refractivity contribution in [3.05, 3.63) is 35.4 Å². The van der Waals surface area contributed by atoms with Gasteiger partial charge in [-0.1, -0.05) is 6.07 Å². The van der Waals surface area contributed by atoms with Gasteiger partial charge in [-0.15, -0.1) is 0 Å². The van der Waals surface area contributed by atoms with E-state index in [2.05, 4.69) is 5.32 Å². The van der Waals surface area contributed by atoms with Gasteiger partial charge in [0.2, 0.25) is 0 Å². The highest BCUT2D eigenvalue weighted by Gasteiger charge is 2.14. The number of hydrogen-bond acceptors (Lipinski definition) is 2. The summed E-state index contributed by atoms with van der Waals surface area (Å²) in [5.41, 5.74) is 0.549. The third-order valence-corrected chi connectivity index (χ3v) is 2.77. The van der Waals surface area contributed by atoms with Crippen molar-refractivity contribution in [2.45, 2.75) is 18.9 Å². The van der Waals surface area contributed by atoms with Crippen LogP contribution in [-0.2, 0) is 11.2 Å². The average Bonchev–Trinajstić information content (AvgIpc) is 2.74. The van der Waals surface area contributed by atoms with Crippen molar-refractivity contribution in [2.24, 2.45) is 0 Å². The van der Waals surface area contributed by atoms with Crippen LogP contribution < -0.4 is 5.32 Å². The van der Waals surface area contributed by atoms with E-state index in [4.69, 9.17) is 4.74 Å². The molecule has 1 atom stereocenters. The Morgan fingerprint density at radius 1 is 1.38 bits per heavy atom. The molecule has 0 amide bonds. The Kier molecular flexibility index (Phi) is 3.85. The summed E-state index contributed by atoms with van der Waals surface area (Å²) in [5.74, 6) is -0.997. The molecule has 0 bridgehead atoms. The van der Waals surface area contributed by atoms with Gasteiger partial charge in [-0.3, -0.25) is 0 Å². The van der Waals surface area contributed by atoms with Crippen LogP contribution in [0.1, 0.15) is 12.0 Å². The summed E-state index contributed by atoms with van der Waals surface area (Å²) in [6.45, 7) is 2.21. The summed E-state index contributed by atoms with van der Waals surface area (Å²) in [6, 6.07) is 4.09. The predicted octanol–water partition coefficient (Wildman–Crippen LogP) is 1.89. The van der Waals surface area contributed by atoms with Gasteiger partial charge < -0.3 is 10.1 Å². The lowest BCUT2D eigenvalue weighted by Crippen LogP contribution is -2.31. The van der Waals surface area contributed by atoms with Crippen molar-refractivity contribution in [3.8, 4) is 0 Å². The Morgan fingerprint density at radius 2 is 2.25 bits per heavy atom. The number of halogens is 2. The first-order valence-electron chi connectivity index (χ1n) is 5.51. The fourth-order valence-electron chi connectivity index (χ4n) is 1.83. The molecule has 0 saturated carbocycles. The van der Waals surface area contributed by atoms with Crippen LogP contribution in [0, 0.1) is 11.6 Å². The maximum absolute atomic E-state index is 13.3. The first kappa shape index (κ1) is 11.5. The van der Waals surface area contributed by atoms with Gasteiger partial charge in [-0.05, 0) is 31.0 Å². The Bertz CT molecular complexity index is 351. The molecule has 16 heavy (non-hydrogen) atoms. The highest BCUT2D eigenvalue weighted by Crippen LogP contribution is 2.10. The number of ether oxygens (including phenoxy) is 1. The molecule has 2 nitrogen and oxygen atoms in total. The van der Waals surface area contributed by atoms with E-state index < -0.39 is 11.6 Å². The molecule has 1 aliphatic heterocycles. The van der Waals surface area contributed by atoms with E-state index in [1.807, 2.05) is 0 Å². The lowest BCUT2D eigenvalue weighted by Gasteiger charge is -2.10. The molecular weight excluding hydrogens is 212 g/mol. The zero-order valence-electron chi connectivity index (χ0n) is 9.01. The zero-order chi connectivity index (χ0) is 11.4. The zero-order valence-corrected chi connectivity index (χ0v) is 9.01. The Labute approximate surface area is 93.6 Å². The first-order chi connectivity index (χ1) is 7.75. The van der Waals surface area contributed by atoms with Crippen molar-refractivity contribution in [2.75, 3.05) is 19.8 Å². The number of nitrogens with one attached hydrogen (secondary N) is 1. The van der Waals surface area contributed by atoms with Gasteiger partial charge in [0.05, 0.1) is 6.61 Å². The van der Waals surface area contributed by atoms with Crippen LogP contribution in [0.4, 0.5) is 8.78 Å². The van der Waals surface area contributed by atoms with Crippen molar-refractivity contribution < 1.29 is 13.5 Å². The quantitative estimate of drug-likeness (QED) is 0.848. The van der Waals surface area contributed by atoms with Gasteiger partial charge in [-0.25, -0.2) is 8.78 Å². The van der Waals surface area contributed by atoms with Gasteiger partial charge >= 0.3 is 0 Å². The molecule has 2 rings (SSSR count). The Hall–Kier alpha value is -1.00. The minimum absolute atomic E-state index is 0.378. The molecular formula is C12H15F2NO. The van der Waals surface area contributed by atoms with E-state index in [0.29, 0.717) is 24.6 Å². The molecule has 1 unspecified atom stereocenters. The van der Waals surface area contributed by atoms with Crippen molar-refractivity contribution in [1.29, 1.82) is 0 Å². The highest BCUT2D eigenvalue weighted by molar-refractivity contribution is 5.18. The van der Waals surface area contributed by atoms with Crippen LogP contribution in [0.25, 0.3) is 0 Å². The second-order valence-electron chi connectivity index (χ2n) is 4.00. The van der Waals surface area contributed by atoms with Crippen molar-refractivity contribution in [3.63, 3.8) is 0 Å². The topological polar surface area (TPSA) is 21.3 Å². The van der Waals surface area contributed by atoms with Crippen LogP contribution in [0.15, 0.2) is 18.2 Å². The van der Waals surface area contributed by atoms with E-state index in [1.165, 1.54) is 12.1 Å². The molecule has 88 valence electrons. The monoisotopic (exact) mass is 227 g/mol. The van der Waals surface area contributed by atoms with Crippen molar-refractivity contribution in [1.82, 2.24) is 5.32 Å². The molecule has 1 fully saturated rings. The summed E-state index contributed by atoms with van der Waals surface area (Å²) < 4.78 is 31.1. The molecule has 1 aromatic rings. The normalized spacial score (nSPS) is 20.2. The standard InChI is InChI=1S/C12H15F2NO/c13-10-2-1-9(12(14)7-10)3-5-15-11-4-6-16-8-11/h1-2,7,11,15H,3-6,8H2. The third kappa shape index (κ3) is 3.00. The summed E-state index contributed by atoms with van der Waals surface area (Å²) in [4.78, 5) is 0. The molecule has 0 radical (unpaired) electrons. The molecule has 4 heteroatoms. The summed E-state index contributed by atoms with van der Waals surface area (Å²) in [5, 5.41) is 3.29. The van der Waals surface area contributed by atoms with Gasteiger partial charge in [-0.2, -0.15) is 0 Å². The molecule has 0 aliphatic carbocycles. The minimum atomic E-state index is -0.529. The lowest BCUT2D eigenvalue weighted by atomic mass is 10.1. The third-order valence-electron chi connectivity index (χ3n) is 2.77. The van der Waals surface area contributed by atoms with Crippen LogP contribution >= 0.6 is 0 Å². The van der Waals surface area contributed by atoms with E-state index in [0.717, 1.165) is 25.7 Å². The van der Waals surface area contributed by atoms with Crippen molar-refractivity contribution >= 4 is 0 Å². The molecule has 0 aromatic heterocycles. The fourth-order valence-corrected chi connectivity index (χ4v) is 1.83. The number of benzene rings is 1. The molecule has 1 saturated heterocycles. The largest absolute Gasteiger partial charge is 0.380 e. The predicted molar refractivity (Wildman–Crippen MR) is 57.3 cm³/mol. The van der Waals surface area contributed by atoms with Crippen LogP contribution in [0.5, 0.6) is 0 Å². The minimum Gasteiger partial charge on any atom is -0.380 e. The molecule has 1 heterocycles. The molecule has 0 spiro atoms. The lowest BCUT2D eigenvalue weighted by molar-refractivity contribution is 0.190. The maximum atomic E-state index is 13.3. The smallest absolute Gasteiger partial charge is 0.129 e.